The molecule has 0 heterocycles. The summed E-state index contributed by atoms with van der Waals surface area (Å²) in [7, 11) is 0. The van der Waals surface area contributed by atoms with Gasteiger partial charge >= 0.3 is 0 Å². The molecule has 0 amide bonds. The molecule has 2 N–H and O–H groups in total. The predicted octanol–water partition coefficient (Wildman–Crippen LogP) is 4.85. The van der Waals surface area contributed by atoms with Crippen LogP contribution in [0.5, 0.6) is 0 Å². The minimum absolute atomic E-state index is 0.276. The molecule has 0 aliphatic heterocycles. The van der Waals surface area contributed by atoms with Crippen molar-refractivity contribution in [1.29, 1.82) is 0 Å². The first kappa shape index (κ1) is 14.6. The largest absolute Gasteiger partial charge is 0.320 e. The molecule has 0 spiro atoms. The van der Waals surface area contributed by atoms with Gasteiger partial charge in [-0.1, -0.05) is 31.9 Å². The summed E-state index contributed by atoms with van der Waals surface area (Å²) in [5.74, 6) is -1.20. The van der Waals surface area contributed by atoms with Gasteiger partial charge in [-0.2, -0.15) is 0 Å². The molecular formula is C14H11Br2F2N. The molecule has 0 saturated carbocycles. The SMILES string of the molecule is Cc1cc(C(N)c2cc(Br)ccc2Br)c(F)cc1F. The highest BCUT2D eigenvalue weighted by molar-refractivity contribution is 9.11. The van der Waals surface area contributed by atoms with Crippen LogP contribution in [0, 0.1) is 18.6 Å². The van der Waals surface area contributed by atoms with E-state index in [9.17, 15) is 8.78 Å². The number of benzene rings is 2. The van der Waals surface area contributed by atoms with E-state index < -0.39 is 17.7 Å². The summed E-state index contributed by atoms with van der Waals surface area (Å²) in [6.07, 6.45) is 0. The van der Waals surface area contributed by atoms with E-state index in [0.717, 1.165) is 20.6 Å². The lowest BCUT2D eigenvalue weighted by Crippen LogP contribution is -2.15. The van der Waals surface area contributed by atoms with Crippen molar-refractivity contribution in [3.8, 4) is 0 Å². The second kappa shape index (κ2) is 5.69. The lowest BCUT2D eigenvalue weighted by molar-refractivity contribution is 0.560. The highest BCUT2D eigenvalue weighted by atomic mass is 79.9. The predicted molar refractivity (Wildman–Crippen MR) is 79.0 cm³/mol. The Morgan fingerprint density at radius 1 is 1.00 bits per heavy atom. The Hall–Kier alpha value is -0.780. The summed E-state index contributed by atoms with van der Waals surface area (Å²) >= 11 is 6.74. The van der Waals surface area contributed by atoms with Gasteiger partial charge in [0.25, 0.3) is 0 Å². The zero-order chi connectivity index (χ0) is 14.2. The maximum atomic E-state index is 13.9. The Labute approximate surface area is 127 Å². The van der Waals surface area contributed by atoms with Crippen molar-refractivity contribution in [3.05, 3.63) is 67.6 Å². The van der Waals surface area contributed by atoms with Gasteiger partial charge in [0.05, 0.1) is 6.04 Å². The van der Waals surface area contributed by atoms with Crippen LogP contribution in [0.15, 0.2) is 39.3 Å². The Morgan fingerprint density at radius 2 is 1.68 bits per heavy atom. The zero-order valence-corrected chi connectivity index (χ0v) is 13.2. The minimum Gasteiger partial charge on any atom is -0.320 e. The third-order valence-corrected chi connectivity index (χ3v) is 4.12. The first-order chi connectivity index (χ1) is 8.90. The quantitative estimate of drug-likeness (QED) is 0.779. The fraction of sp³-hybridized carbons (Fsp3) is 0.143. The molecule has 0 fully saturated rings. The second-order valence-electron chi connectivity index (χ2n) is 4.27. The summed E-state index contributed by atoms with van der Waals surface area (Å²) in [6.45, 7) is 1.58. The lowest BCUT2D eigenvalue weighted by atomic mass is 9.97. The fourth-order valence-electron chi connectivity index (χ4n) is 1.84. The van der Waals surface area contributed by atoms with Crippen LogP contribution in [-0.2, 0) is 0 Å². The molecule has 1 unspecified atom stereocenters. The van der Waals surface area contributed by atoms with Crippen LogP contribution >= 0.6 is 31.9 Å². The lowest BCUT2D eigenvalue weighted by Gasteiger charge is -2.16. The second-order valence-corrected chi connectivity index (χ2v) is 6.04. The van der Waals surface area contributed by atoms with Gasteiger partial charge < -0.3 is 5.73 Å². The van der Waals surface area contributed by atoms with E-state index in [1.165, 1.54) is 6.07 Å². The van der Waals surface area contributed by atoms with Crippen LogP contribution in [-0.4, -0.2) is 0 Å². The summed E-state index contributed by atoms with van der Waals surface area (Å²) < 4.78 is 28.8. The Morgan fingerprint density at radius 3 is 2.37 bits per heavy atom. The van der Waals surface area contributed by atoms with Crippen LogP contribution in [0.1, 0.15) is 22.7 Å². The molecule has 5 heteroatoms. The van der Waals surface area contributed by atoms with E-state index in [4.69, 9.17) is 5.73 Å². The highest BCUT2D eigenvalue weighted by Gasteiger charge is 2.18. The van der Waals surface area contributed by atoms with Gasteiger partial charge in [0, 0.05) is 20.6 Å². The average Bonchev–Trinajstić information content (AvgIpc) is 2.36. The third-order valence-electron chi connectivity index (χ3n) is 2.91. The summed E-state index contributed by atoms with van der Waals surface area (Å²) in [4.78, 5) is 0. The van der Waals surface area contributed by atoms with Gasteiger partial charge in [-0.25, -0.2) is 8.78 Å². The molecule has 0 aromatic heterocycles. The Kier molecular flexibility index (Phi) is 4.38. The first-order valence-electron chi connectivity index (χ1n) is 5.56. The fourth-order valence-corrected chi connectivity index (χ4v) is 2.71. The van der Waals surface area contributed by atoms with Crippen LogP contribution in [0.3, 0.4) is 0 Å². The van der Waals surface area contributed by atoms with Gasteiger partial charge in [0.15, 0.2) is 0 Å². The van der Waals surface area contributed by atoms with Gasteiger partial charge in [0.1, 0.15) is 11.6 Å². The van der Waals surface area contributed by atoms with Gasteiger partial charge in [-0.05, 0) is 42.3 Å². The van der Waals surface area contributed by atoms with Gasteiger partial charge in [-0.15, -0.1) is 0 Å². The van der Waals surface area contributed by atoms with E-state index in [1.54, 1.807) is 6.92 Å². The van der Waals surface area contributed by atoms with E-state index in [-0.39, 0.29) is 5.56 Å². The molecule has 2 rings (SSSR count). The topological polar surface area (TPSA) is 26.0 Å². The molecule has 1 nitrogen and oxygen atoms in total. The van der Waals surface area contributed by atoms with Crippen molar-refractivity contribution in [1.82, 2.24) is 0 Å². The van der Waals surface area contributed by atoms with Crippen molar-refractivity contribution in [2.24, 2.45) is 5.73 Å². The van der Waals surface area contributed by atoms with E-state index in [0.29, 0.717) is 5.56 Å². The van der Waals surface area contributed by atoms with Crippen LogP contribution in [0.2, 0.25) is 0 Å². The number of rotatable bonds is 2. The van der Waals surface area contributed by atoms with Crippen LogP contribution in [0.25, 0.3) is 0 Å². The van der Waals surface area contributed by atoms with Crippen LogP contribution < -0.4 is 5.73 Å². The van der Waals surface area contributed by atoms with Crippen molar-refractivity contribution in [2.75, 3.05) is 0 Å². The van der Waals surface area contributed by atoms with Crippen molar-refractivity contribution >= 4 is 31.9 Å². The number of hydrogen-bond acceptors (Lipinski definition) is 1. The summed E-state index contributed by atoms with van der Waals surface area (Å²) in [5, 5.41) is 0. The molecule has 0 aliphatic carbocycles. The molecule has 19 heavy (non-hydrogen) atoms. The molecular weight excluding hydrogens is 380 g/mol. The van der Waals surface area contributed by atoms with Crippen molar-refractivity contribution in [2.45, 2.75) is 13.0 Å². The molecule has 0 radical (unpaired) electrons. The molecule has 0 saturated heterocycles. The molecule has 0 bridgehead atoms. The maximum Gasteiger partial charge on any atom is 0.131 e. The van der Waals surface area contributed by atoms with Crippen molar-refractivity contribution in [3.63, 3.8) is 0 Å². The maximum absolute atomic E-state index is 13.9. The van der Waals surface area contributed by atoms with Gasteiger partial charge in [-0.3, -0.25) is 0 Å². The van der Waals surface area contributed by atoms with Crippen LogP contribution in [0.4, 0.5) is 8.78 Å². The summed E-state index contributed by atoms with van der Waals surface area (Å²) in [5.41, 5.74) is 7.48. The smallest absolute Gasteiger partial charge is 0.131 e. The zero-order valence-electron chi connectivity index (χ0n) is 10.1. The number of nitrogens with two attached hydrogens (primary N) is 1. The molecule has 100 valence electrons. The highest BCUT2D eigenvalue weighted by Crippen LogP contribution is 2.31. The molecule has 0 aliphatic rings. The summed E-state index contributed by atoms with van der Waals surface area (Å²) in [6, 6.07) is 7.15. The molecule has 2 aromatic rings. The molecule has 1 atom stereocenters. The number of halogens is 4. The number of aryl methyl sites for hydroxylation is 1. The van der Waals surface area contributed by atoms with Crippen molar-refractivity contribution < 1.29 is 8.78 Å². The van der Waals surface area contributed by atoms with E-state index >= 15 is 0 Å². The standard InChI is InChI=1S/C14H11Br2F2N/c1-7-4-10(13(18)6-12(7)17)14(19)9-5-8(15)2-3-11(9)16/h2-6,14H,19H2,1H3. The minimum atomic E-state index is -0.661. The monoisotopic (exact) mass is 389 g/mol. The Balaban J connectivity index is 2.52. The van der Waals surface area contributed by atoms with Gasteiger partial charge in [0.2, 0.25) is 0 Å². The number of hydrogen-bond donors (Lipinski definition) is 1. The normalized spacial score (nSPS) is 12.5. The molecule has 2 aromatic carbocycles. The van der Waals surface area contributed by atoms with E-state index in [2.05, 4.69) is 31.9 Å². The third kappa shape index (κ3) is 3.04. The average molecular weight is 391 g/mol. The van der Waals surface area contributed by atoms with E-state index in [1.807, 2.05) is 18.2 Å². The first-order valence-corrected chi connectivity index (χ1v) is 7.15. The Bertz CT molecular complexity index is 629.